The summed E-state index contributed by atoms with van der Waals surface area (Å²) in [6, 6.07) is 0. The molecule has 288 valence electrons. The lowest BCUT2D eigenvalue weighted by Gasteiger charge is -2.26. The highest BCUT2D eigenvalue weighted by atomic mass is 17.0. The minimum atomic E-state index is -0.979. The summed E-state index contributed by atoms with van der Waals surface area (Å²) in [6.45, 7) is 23.0. The average molecular weight is 701 g/mol. The lowest BCUT2D eigenvalue weighted by molar-refractivity contribution is -0.799. The molecule has 0 aliphatic heterocycles. The standard InChI is InChI=1S/C10H20N2O6.C9H20.C7H15NO3.C6H13NO3/c1-7(2)5-6-8(3)10(18-12(15)16)9(4)17-11(13)14;1-4-5-6-7-8-9(2)3;1-7(2)5-3-4-6-11-8(9)10;1-6(2)4-3-5-10-7(8)9/h7-10H,5-6H2,1-4H3;9H,4-8H2,1-3H3;7H,3-6H2,1-2H3;6H,3-5H2,1-2H3. The van der Waals surface area contributed by atoms with Crippen LogP contribution in [0.2, 0.25) is 0 Å². The van der Waals surface area contributed by atoms with E-state index in [9.17, 15) is 40.5 Å². The lowest BCUT2D eigenvalue weighted by atomic mass is 9.92. The van der Waals surface area contributed by atoms with Gasteiger partial charge in [0.25, 0.3) is 20.3 Å². The van der Waals surface area contributed by atoms with Crippen LogP contribution in [0.4, 0.5) is 0 Å². The summed E-state index contributed by atoms with van der Waals surface area (Å²) in [5.74, 6) is 2.42. The van der Waals surface area contributed by atoms with Crippen LogP contribution >= 0.6 is 0 Å². The second-order valence-electron chi connectivity index (χ2n) is 13.6. The van der Waals surface area contributed by atoms with E-state index in [-0.39, 0.29) is 19.1 Å². The van der Waals surface area contributed by atoms with Crippen molar-refractivity contribution in [2.45, 2.75) is 165 Å². The van der Waals surface area contributed by atoms with E-state index in [2.05, 4.69) is 67.8 Å². The number of rotatable bonds is 25. The van der Waals surface area contributed by atoms with E-state index in [0.717, 1.165) is 44.4 Å². The second-order valence-corrected chi connectivity index (χ2v) is 13.6. The number of unbranched alkanes of at least 4 members (excludes halogenated alkanes) is 4. The van der Waals surface area contributed by atoms with Crippen molar-refractivity contribution in [3.63, 3.8) is 0 Å². The summed E-state index contributed by atoms with van der Waals surface area (Å²) in [6.07, 6.45) is 11.3. The van der Waals surface area contributed by atoms with Crippen LogP contribution in [-0.2, 0) is 19.4 Å². The Hall–Kier alpha value is -3.20. The average Bonchev–Trinajstić information content (AvgIpc) is 2.95. The van der Waals surface area contributed by atoms with Crippen LogP contribution < -0.4 is 0 Å². The van der Waals surface area contributed by atoms with Crippen LogP contribution in [0.15, 0.2) is 0 Å². The fraction of sp³-hybridized carbons (Fsp3) is 1.00. The number of hydrogen-bond acceptors (Lipinski definition) is 12. The Labute approximate surface area is 288 Å². The molecule has 0 spiro atoms. The molecule has 16 heteroatoms. The summed E-state index contributed by atoms with van der Waals surface area (Å²) in [5.41, 5.74) is 0. The molecule has 0 radical (unpaired) electrons. The van der Waals surface area contributed by atoms with Gasteiger partial charge >= 0.3 is 0 Å². The highest BCUT2D eigenvalue weighted by molar-refractivity contribution is 4.72. The fourth-order valence-corrected chi connectivity index (χ4v) is 4.11. The molecule has 0 fully saturated rings. The summed E-state index contributed by atoms with van der Waals surface area (Å²) in [7, 11) is 0. The van der Waals surface area contributed by atoms with Gasteiger partial charge in [-0.15, -0.1) is 40.5 Å². The predicted molar refractivity (Wildman–Crippen MR) is 185 cm³/mol. The molecular formula is C32H68N4O12. The van der Waals surface area contributed by atoms with Gasteiger partial charge in [-0.3, -0.25) is 0 Å². The van der Waals surface area contributed by atoms with Gasteiger partial charge in [0, 0.05) is 0 Å². The minimum Gasteiger partial charge on any atom is -0.314 e. The fourth-order valence-electron chi connectivity index (χ4n) is 4.11. The molecule has 3 atom stereocenters. The normalized spacial score (nSPS) is 12.3. The molecule has 0 bridgehead atoms. The molecule has 0 saturated heterocycles. The van der Waals surface area contributed by atoms with Crippen LogP contribution in [-0.4, -0.2) is 45.8 Å². The topological polar surface area (TPSA) is 209 Å². The smallest absolute Gasteiger partial charge is 0.294 e. The van der Waals surface area contributed by atoms with E-state index >= 15 is 0 Å². The highest BCUT2D eigenvalue weighted by Gasteiger charge is 2.30. The van der Waals surface area contributed by atoms with Crippen LogP contribution in [0.25, 0.3) is 0 Å². The largest absolute Gasteiger partial charge is 0.314 e. The van der Waals surface area contributed by atoms with Gasteiger partial charge in [0.15, 0.2) is 0 Å². The van der Waals surface area contributed by atoms with Gasteiger partial charge in [0.1, 0.15) is 12.2 Å². The Morgan fingerprint density at radius 3 is 1.23 bits per heavy atom. The third-order valence-corrected chi connectivity index (χ3v) is 6.81. The Morgan fingerprint density at radius 1 is 0.458 bits per heavy atom. The molecule has 0 aliphatic rings. The molecular weight excluding hydrogens is 632 g/mol. The molecule has 0 saturated carbocycles. The summed E-state index contributed by atoms with van der Waals surface area (Å²) < 4.78 is 0. The van der Waals surface area contributed by atoms with Gasteiger partial charge in [-0.05, 0) is 62.2 Å². The van der Waals surface area contributed by atoms with Crippen LogP contribution in [0, 0.1) is 70.0 Å². The number of nitrogens with zero attached hydrogens (tertiary/aromatic N) is 4. The zero-order chi connectivity index (χ0) is 38.1. The maximum atomic E-state index is 10.4. The molecule has 3 unspecified atom stereocenters. The van der Waals surface area contributed by atoms with E-state index < -0.39 is 32.6 Å². The van der Waals surface area contributed by atoms with Crippen molar-refractivity contribution in [1.82, 2.24) is 0 Å². The highest BCUT2D eigenvalue weighted by Crippen LogP contribution is 2.21. The van der Waals surface area contributed by atoms with Crippen molar-refractivity contribution >= 4 is 0 Å². The molecule has 0 N–H and O–H groups in total. The summed E-state index contributed by atoms with van der Waals surface area (Å²) in [4.78, 5) is 57.0. The van der Waals surface area contributed by atoms with Crippen molar-refractivity contribution in [2.75, 3.05) is 13.2 Å². The maximum absolute atomic E-state index is 10.4. The third-order valence-electron chi connectivity index (χ3n) is 6.81. The first-order valence-corrected chi connectivity index (χ1v) is 17.4. The molecule has 0 aromatic rings. The molecule has 48 heavy (non-hydrogen) atoms. The second kappa shape index (κ2) is 35.1. The van der Waals surface area contributed by atoms with Gasteiger partial charge in [-0.2, -0.15) is 0 Å². The van der Waals surface area contributed by atoms with Crippen LogP contribution in [0.1, 0.15) is 153 Å². The Balaban J connectivity index is -0.000000281. The SMILES string of the molecule is CC(C)CCC(C)C(O[N+](=O)[O-])C(C)O[N+](=O)[O-].CC(C)CCCCO[N+](=O)[O-].CC(C)CCCO[N+](=O)[O-].CCCCCCC(C)C. The first-order chi connectivity index (χ1) is 22.3. The van der Waals surface area contributed by atoms with E-state index in [1.807, 2.05) is 13.8 Å². The van der Waals surface area contributed by atoms with Crippen molar-refractivity contribution in [2.24, 2.45) is 29.6 Å². The molecule has 0 rings (SSSR count). The first kappa shape index (κ1) is 51.6. The Morgan fingerprint density at radius 2 is 0.854 bits per heavy atom. The van der Waals surface area contributed by atoms with Crippen LogP contribution in [0.5, 0.6) is 0 Å². The van der Waals surface area contributed by atoms with Gasteiger partial charge in [0.2, 0.25) is 0 Å². The summed E-state index contributed by atoms with van der Waals surface area (Å²) in [5, 5.41) is 36.6. The van der Waals surface area contributed by atoms with Crippen molar-refractivity contribution in [3.05, 3.63) is 40.5 Å². The first-order valence-electron chi connectivity index (χ1n) is 17.4. The van der Waals surface area contributed by atoms with Gasteiger partial charge in [-0.1, -0.05) is 121 Å². The quantitative estimate of drug-likeness (QED) is 0.0495. The molecule has 0 heterocycles. The molecule has 0 aliphatic carbocycles. The molecule has 0 aromatic heterocycles. The van der Waals surface area contributed by atoms with E-state index in [0.29, 0.717) is 24.2 Å². The number of hydrogen-bond donors (Lipinski definition) is 0. The van der Waals surface area contributed by atoms with E-state index in [1.54, 1.807) is 6.92 Å². The zero-order valence-corrected chi connectivity index (χ0v) is 31.6. The summed E-state index contributed by atoms with van der Waals surface area (Å²) >= 11 is 0. The van der Waals surface area contributed by atoms with Crippen molar-refractivity contribution < 1.29 is 39.7 Å². The lowest BCUT2D eigenvalue weighted by Crippen LogP contribution is -2.38. The van der Waals surface area contributed by atoms with Crippen molar-refractivity contribution in [1.29, 1.82) is 0 Å². The van der Waals surface area contributed by atoms with Crippen molar-refractivity contribution in [3.8, 4) is 0 Å². The maximum Gasteiger partial charge on any atom is 0.294 e. The molecule has 0 amide bonds. The molecule has 16 nitrogen and oxygen atoms in total. The van der Waals surface area contributed by atoms with Gasteiger partial charge in [0.05, 0.1) is 13.2 Å². The predicted octanol–water partition coefficient (Wildman–Crippen LogP) is 9.50. The monoisotopic (exact) mass is 700 g/mol. The zero-order valence-electron chi connectivity index (χ0n) is 31.6. The Bertz CT molecular complexity index is 786. The van der Waals surface area contributed by atoms with E-state index in [4.69, 9.17) is 0 Å². The minimum absolute atomic E-state index is 0.201. The van der Waals surface area contributed by atoms with Gasteiger partial charge < -0.3 is 19.4 Å². The Kier molecular flexibility index (Phi) is 37.8. The molecule has 0 aromatic carbocycles. The van der Waals surface area contributed by atoms with Crippen LogP contribution in [0.3, 0.4) is 0 Å². The third kappa shape index (κ3) is 49.7. The van der Waals surface area contributed by atoms with E-state index in [1.165, 1.54) is 39.0 Å². The van der Waals surface area contributed by atoms with Gasteiger partial charge in [-0.25, -0.2) is 0 Å².